The van der Waals surface area contributed by atoms with Crippen LogP contribution >= 0.6 is 0 Å². The van der Waals surface area contributed by atoms with Crippen molar-refractivity contribution in [2.45, 2.75) is 32.2 Å². The molecule has 5 N–H and O–H groups in total. The smallest absolute Gasteiger partial charge is 0.223 e. The lowest BCUT2D eigenvalue weighted by Gasteiger charge is -2.31. The Labute approximate surface area is 121 Å². The molecule has 0 bridgehead atoms. The van der Waals surface area contributed by atoms with E-state index in [0.29, 0.717) is 38.8 Å². The number of rotatable bonds is 9. The Morgan fingerprint density at radius 2 is 2.05 bits per heavy atom. The Balaban J connectivity index is 2.02. The number of amides is 1. The maximum absolute atomic E-state index is 12.0. The number of nitrogens with two attached hydrogens (primary N) is 1. The summed E-state index contributed by atoms with van der Waals surface area (Å²) in [5, 5.41) is 14.5. The van der Waals surface area contributed by atoms with E-state index in [4.69, 9.17) is 15.6 Å². The molecule has 1 fully saturated rings. The molecule has 0 aromatic carbocycles. The van der Waals surface area contributed by atoms with Crippen LogP contribution < -0.4 is 16.4 Å². The van der Waals surface area contributed by atoms with Crippen LogP contribution in [0.25, 0.3) is 0 Å². The molecule has 1 aliphatic rings. The van der Waals surface area contributed by atoms with E-state index in [2.05, 4.69) is 17.6 Å². The summed E-state index contributed by atoms with van der Waals surface area (Å²) in [4.78, 5) is 12.0. The molecular weight excluding hydrogens is 258 g/mol. The first-order chi connectivity index (χ1) is 9.65. The zero-order chi connectivity index (χ0) is 14.8. The summed E-state index contributed by atoms with van der Waals surface area (Å²) in [6.45, 7) is 5.20. The van der Waals surface area contributed by atoms with Crippen LogP contribution in [0.15, 0.2) is 0 Å². The summed E-state index contributed by atoms with van der Waals surface area (Å²) < 4.78 is 5.38. The second-order valence-electron chi connectivity index (χ2n) is 5.53. The van der Waals surface area contributed by atoms with E-state index in [1.807, 2.05) is 0 Å². The fourth-order valence-corrected chi connectivity index (χ4v) is 2.66. The van der Waals surface area contributed by atoms with Gasteiger partial charge in [0.25, 0.3) is 0 Å². The van der Waals surface area contributed by atoms with Crippen LogP contribution in [0, 0.1) is 11.8 Å². The first-order valence-corrected chi connectivity index (χ1v) is 7.57. The first-order valence-electron chi connectivity index (χ1n) is 7.57. The zero-order valence-corrected chi connectivity index (χ0v) is 12.4. The van der Waals surface area contributed by atoms with Gasteiger partial charge in [0.2, 0.25) is 5.91 Å². The van der Waals surface area contributed by atoms with Crippen molar-refractivity contribution >= 4 is 5.91 Å². The van der Waals surface area contributed by atoms with Gasteiger partial charge in [-0.25, -0.2) is 0 Å². The van der Waals surface area contributed by atoms with Gasteiger partial charge in [-0.3, -0.25) is 4.79 Å². The van der Waals surface area contributed by atoms with Crippen LogP contribution in [0.2, 0.25) is 0 Å². The highest BCUT2D eigenvalue weighted by atomic mass is 16.5. The van der Waals surface area contributed by atoms with Gasteiger partial charge in [-0.15, -0.1) is 0 Å². The molecular formula is C14H29N3O3. The van der Waals surface area contributed by atoms with Gasteiger partial charge >= 0.3 is 0 Å². The van der Waals surface area contributed by atoms with E-state index in [1.165, 1.54) is 0 Å². The third kappa shape index (κ3) is 6.65. The number of carbonyl (C=O) groups excluding carboxylic acids is 1. The van der Waals surface area contributed by atoms with Gasteiger partial charge in [0.05, 0.1) is 19.8 Å². The SMILES string of the molecule is CC1CC(N)CCC1C(=O)NCCOCCNCCO. The van der Waals surface area contributed by atoms with E-state index in [1.54, 1.807) is 0 Å². The van der Waals surface area contributed by atoms with E-state index >= 15 is 0 Å². The van der Waals surface area contributed by atoms with Crippen LogP contribution in [-0.4, -0.2) is 56.5 Å². The summed E-state index contributed by atoms with van der Waals surface area (Å²) in [5.41, 5.74) is 5.90. The highest BCUT2D eigenvalue weighted by Gasteiger charge is 2.30. The minimum atomic E-state index is 0.0982. The van der Waals surface area contributed by atoms with Crippen molar-refractivity contribution in [3.05, 3.63) is 0 Å². The summed E-state index contributed by atoms with van der Waals surface area (Å²) in [6, 6.07) is 0.254. The molecule has 1 amide bonds. The molecule has 0 aromatic rings. The molecule has 1 saturated carbocycles. The summed E-state index contributed by atoms with van der Waals surface area (Å²) in [6.07, 6.45) is 2.76. The van der Waals surface area contributed by atoms with Crippen molar-refractivity contribution < 1.29 is 14.6 Å². The Hall–Kier alpha value is -0.690. The van der Waals surface area contributed by atoms with Crippen molar-refractivity contribution in [1.82, 2.24) is 10.6 Å². The van der Waals surface area contributed by atoms with Gasteiger partial charge < -0.3 is 26.2 Å². The fourth-order valence-electron chi connectivity index (χ4n) is 2.66. The number of carbonyl (C=O) groups is 1. The van der Waals surface area contributed by atoms with E-state index < -0.39 is 0 Å². The van der Waals surface area contributed by atoms with Gasteiger partial charge in [-0.1, -0.05) is 6.92 Å². The topological polar surface area (TPSA) is 96.6 Å². The Kier molecular flexibility index (Phi) is 8.77. The Morgan fingerprint density at radius 1 is 1.30 bits per heavy atom. The van der Waals surface area contributed by atoms with Crippen molar-refractivity contribution in [2.24, 2.45) is 17.6 Å². The molecule has 0 aromatic heterocycles. The van der Waals surface area contributed by atoms with Crippen LogP contribution in [0.3, 0.4) is 0 Å². The zero-order valence-electron chi connectivity index (χ0n) is 12.4. The van der Waals surface area contributed by atoms with Gasteiger partial charge in [0.1, 0.15) is 0 Å². The molecule has 6 heteroatoms. The van der Waals surface area contributed by atoms with Crippen LogP contribution in [0.1, 0.15) is 26.2 Å². The summed E-state index contributed by atoms with van der Waals surface area (Å²) in [5.74, 6) is 0.592. The lowest BCUT2D eigenvalue weighted by molar-refractivity contribution is -0.127. The Morgan fingerprint density at radius 3 is 2.75 bits per heavy atom. The minimum Gasteiger partial charge on any atom is -0.395 e. The molecule has 1 rings (SSSR count). The number of ether oxygens (including phenoxy) is 1. The largest absolute Gasteiger partial charge is 0.395 e. The van der Waals surface area contributed by atoms with Gasteiger partial charge in [0.15, 0.2) is 0 Å². The molecule has 0 saturated heterocycles. The third-order valence-corrected chi connectivity index (χ3v) is 3.80. The fraction of sp³-hybridized carbons (Fsp3) is 0.929. The minimum absolute atomic E-state index is 0.0982. The van der Waals surface area contributed by atoms with Gasteiger partial charge in [-0.2, -0.15) is 0 Å². The highest BCUT2D eigenvalue weighted by Crippen LogP contribution is 2.28. The number of aliphatic hydroxyl groups is 1. The number of nitrogens with one attached hydrogen (secondary N) is 2. The molecule has 118 valence electrons. The molecule has 0 heterocycles. The van der Waals surface area contributed by atoms with Gasteiger partial charge in [0, 0.05) is 31.6 Å². The summed E-state index contributed by atoms with van der Waals surface area (Å²) >= 11 is 0. The van der Waals surface area contributed by atoms with Crippen molar-refractivity contribution in [3.8, 4) is 0 Å². The van der Waals surface area contributed by atoms with E-state index in [9.17, 15) is 4.79 Å². The second kappa shape index (κ2) is 10.1. The molecule has 20 heavy (non-hydrogen) atoms. The molecule has 3 atom stereocenters. The van der Waals surface area contributed by atoms with Gasteiger partial charge in [-0.05, 0) is 25.2 Å². The maximum atomic E-state index is 12.0. The quantitative estimate of drug-likeness (QED) is 0.427. The van der Waals surface area contributed by atoms with E-state index in [0.717, 1.165) is 19.3 Å². The number of aliphatic hydroxyl groups excluding tert-OH is 1. The monoisotopic (exact) mass is 287 g/mol. The molecule has 3 unspecified atom stereocenters. The van der Waals surface area contributed by atoms with Crippen LogP contribution in [0.5, 0.6) is 0 Å². The highest BCUT2D eigenvalue weighted by molar-refractivity contribution is 5.79. The average molecular weight is 287 g/mol. The van der Waals surface area contributed by atoms with Crippen molar-refractivity contribution in [2.75, 3.05) is 39.5 Å². The molecule has 0 aliphatic heterocycles. The lowest BCUT2D eigenvalue weighted by Crippen LogP contribution is -2.41. The third-order valence-electron chi connectivity index (χ3n) is 3.80. The summed E-state index contributed by atoms with van der Waals surface area (Å²) in [7, 11) is 0. The van der Waals surface area contributed by atoms with Crippen molar-refractivity contribution in [3.63, 3.8) is 0 Å². The number of hydrogen-bond acceptors (Lipinski definition) is 5. The van der Waals surface area contributed by atoms with E-state index in [-0.39, 0.29) is 24.5 Å². The average Bonchev–Trinajstić information content (AvgIpc) is 2.41. The lowest BCUT2D eigenvalue weighted by atomic mass is 9.78. The van der Waals surface area contributed by atoms with Crippen LogP contribution in [-0.2, 0) is 9.53 Å². The number of hydrogen-bond donors (Lipinski definition) is 4. The predicted molar refractivity (Wildman–Crippen MR) is 78.3 cm³/mol. The standard InChI is InChI=1S/C14H29N3O3/c1-11-10-12(15)2-3-13(11)14(19)17-6-9-20-8-5-16-4-7-18/h11-13,16,18H,2-10,15H2,1H3,(H,17,19). The second-order valence-corrected chi connectivity index (χ2v) is 5.53. The maximum Gasteiger partial charge on any atom is 0.223 e. The predicted octanol–water partition coefficient (Wildman–Crippen LogP) is -0.535. The molecule has 6 nitrogen and oxygen atoms in total. The first kappa shape index (κ1) is 17.4. The molecule has 0 radical (unpaired) electrons. The molecule has 1 aliphatic carbocycles. The van der Waals surface area contributed by atoms with Crippen LogP contribution in [0.4, 0.5) is 0 Å². The van der Waals surface area contributed by atoms with Crippen molar-refractivity contribution in [1.29, 1.82) is 0 Å². The Bertz CT molecular complexity index is 276. The molecule has 0 spiro atoms. The normalized spacial score (nSPS) is 26.4.